The molecule has 0 aromatic heterocycles. The number of rotatable bonds is 7. The second-order valence-electron chi connectivity index (χ2n) is 7.96. The van der Waals surface area contributed by atoms with Crippen LogP contribution in [0.2, 0.25) is 0 Å². The van der Waals surface area contributed by atoms with Crippen LogP contribution in [0.3, 0.4) is 0 Å². The molecule has 0 spiro atoms. The van der Waals surface area contributed by atoms with Crippen molar-refractivity contribution in [3.63, 3.8) is 0 Å². The van der Waals surface area contributed by atoms with Gasteiger partial charge in [0.25, 0.3) is 0 Å². The number of hydrogen-bond donors (Lipinski definition) is 1. The number of aliphatic hydroxyl groups excluding tert-OH is 1. The summed E-state index contributed by atoms with van der Waals surface area (Å²) in [7, 11) is 1.34. The fourth-order valence-electron chi connectivity index (χ4n) is 4.62. The SMILES string of the molecule is CCN(CC)C(=O)CN1C[C@H]2C[C@@H](Oc3ccccc3C(=O)OC)[C@H](O)C[C@H]2C1. The van der Waals surface area contributed by atoms with Gasteiger partial charge in [-0.05, 0) is 50.7 Å². The number of hydrogen-bond acceptors (Lipinski definition) is 6. The molecule has 1 saturated heterocycles. The molecule has 1 aromatic carbocycles. The summed E-state index contributed by atoms with van der Waals surface area (Å²) in [6.45, 7) is 7.55. The molecule has 1 aromatic rings. The highest BCUT2D eigenvalue weighted by Gasteiger charge is 2.43. The number of aliphatic hydroxyl groups is 1. The van der Waals surface area contributed by atoms with Crippen molar-refractivity contribution in [1.29, 1.82) is 0 Å². The molecule has 0 bridgehead atoms. The van der Waals surface area contributed by atoms with Gasteiger partial charge in [-0.25, -0.2) is 4.79 Å². The average molecular weight is 405 g/mol. The van der Waals surface area contributed by atoms with Gasteiger partial charge in [0.05, 0.1) is 19.8 Å². The fourth-order valence-corrected chi connectivity index (χ4v) is 4.62. The minimum absolute atomic E-state index is 0.161. The van der Waals surface area contributed by atoms with Gasteiger partial charge < -0.3 is 19.5 Å². The lowest BCUT2D eigenvalue weighted by Crippen LogP contribution is -2.42. The summed E-state index contributed by atoms with van der Waals surface area (Å²) < 4.78 is 10.9. The summed E-state index contributed by atoms with van der Waals surface area (Å²) >= 11 is 0. The van der Waals surface area contributed by atoms with Crippen LogP contribution < -0.4 is 4.74 Å². The Bertz CT molecular complexity index is 721. The number of likely N-dealkylation sites (tertiary alicyclic amines) is 1. The minimum atomic E-state index is -0.597. The van der Waals surface area contributed by atoms with Gasteiger partial charge in [0, 0.05) is 26.2 Å². The van der Waals surface area contributed by atoms with Gasteiger partial charge in [0.2, 0.25) is 5.91 Å². The number of methoxy groups -OCH3 is 1. The van der Waals surface area contributed by atoms with Crippen molar-refractivity contribution in [2.45, 2.75) is 38.9 Å². The maximum Gasteiger partial charge on any atom is 0.341 e. The third kappa shape index (κ3) is 4.90. The van der Waals surface area contributed by atoms with E-state index in [1.54, 1.807) is 24.3 Å². The largest absolute Gasteiger partial charge is 0.487 e. The van der Waals surface area contributed by atoms with E-state index in [1.165, 1.54) is 7.11 Å². The number of esters is 1. The van der Waals surface area contributed by atoms with Crippen molar-refractivity contribution in [3.05, 3.63) is 29.8 Å². The molecule has 2 fully saturated rings. The predicted molar refractivity (Wildman–Crippen MR) is 109 cm³/mol. The molecule has 7 nitrogen and oxygen atoms in total. The van der Waals surface area contributed by atoms with Gasteiger partial charge in [0.1, 0.15) is 17.4 Å². The molecular weight excluding hydrogens is 372 g/mol. The molecule has 1 N–H and O–H groups in total. The fraction of sp³-hybridized carbons (Fsp3) is 0.636. The Balaban J connectivity index is 1.63. The molecule has 4 atom stereocenters. The van der Waals surface area contributed by atoms with Crippen LogP contribution in [0.4, 0.5) is 0 Å². The van der Waals surface area contributed by atoms with E-state index in [0.717, 1.165) is 26.2 Å². The summed E-state index contributed by atoms with van der Waals surface area (Å²) in [6, 6.07) is 6.95. The quantitative estimate of drug-likeness (QED) is 0.698. The van der Waals surface area contributed by atoms with Crippen LogP contribution in [-0.4, -0.2) is 78.8 Å². The van der Waals surface area contributed by atoms with Crippen molar-refractivity contribution in [2.24, 2.45) is 11.8 Å². The number of amides is 1. The van der Waals surface area contributed by atoms with Gasteiger partial charge >= 0.3 is 5.97 Å². The lowest BCUT2D eigenvalue weighted by Gasteiger charge is -2.35. The Morgan fingerprint density at radius 1 is 1.14 bits per heavy atom. The Labute approximate surface area is 172 Å². The highest BCUT2D eigenvalue weighted by Crippen LogP contribution is 2.38. The molecule has 0 unspecified atom stereocenters. The summed E-state index contributed by atoms with van der Waals surface area (Å²) in [5, 5.41) is 10.7. The first-order valence-electron chi connectivity index (χ1n) is 10.5. The molecule has 1 aliphatic carbocycles. The first-order chi connectivity index (χ1) is 14.0. The molecule has 1 aliphatic heterocycles. The maximum atomic E-state index is 12.4. The number of carbonyl (C=O) groups is 2. The normalized spacial score (nSPS) is 26.6. The number of fused-ring (bicyclic) bond motifs is 1. The number of likely N-dealkylation sites (N-methyl/N-ethyl adjacent to an activating group) is 1. The molecule has 2 aliphatic rings. The zero-order chi connectivity index (χ0) is 21.0. The van der Waals surface area contributed by atoms with E-state index in [0.29, 0.717) is 42.5 Å². The van der Waals surface area contributed by atoms with Gasteiger partial charge in [-0.1, -0.05) is 12.1 Å². The van der Waals surface area contributed by atoms with Gasteiger partial charge in [-0.15, -0.1) is 0 Å². The van der Waals surface area contributed by atoms with E-state index in [4.69, 9.17) is 9.47 Å². The van der Waals surface area contributed by atoms with Crippen molar-refractivity contribution < 1.29 is 24.2 Å². The molecule has 7 heteroatoms. The second kappa shape index (κ2) is 9.59. The first-order valence-corrected chi connectivity index (χ1v) is 10.5. The average Bonchev–Trinajstić information content (AvgIpc) is 3.09. The Hall–Kier alpha value is -2.12. The van der Waals surface area contributed by atoms with Gasteiger partial charge in [-0.3, -0.25) is 9.69 Å². The van der Waals surface area contributed by atoms with Crippen molar-refractivity contribution in [1.82, 2.24) is 9.80 Å². The minimum Gasteiger partial charge on any atom is -0.487 e. The second-order valence-corrected chi connectivity index (χ2v) is 7.96. The van der Waals surface area contributed by atoms with E-state index in [1.807, 2.05) is 18.7 Å². The third-order valence-corrected chi connectivity index (χ3v) is 6.21. The molecule has 29 heavy (non-hydrogen) atoms. The Kier molecular flexibility index (Phi) is 7.14. The van der Waals surface area contributed by atoms with Crippen LogP contribution in [0, 0.1) is 11.8 Å². The van der Waals surface area contributed by atoms with E-state index in [9.17, 15) is 14.7 Å². The lowest BCUT2D eigenvalue weighted by atomic mass is 9.78. The topological polar surface area (TPSA) is 79.3 Å². The van der Waals surface area contributed by atoms with Crippen molar-refractivity contribution in [2.75, 3.05) is 39.8 Å². The molecule has 3 rings (SSSR count). The highest BCUT2D eigenvalue weighted by atomic mass is 16.5. The number of nitrogens with zero attached hydrogens (tertiary/aromatic N) is 2. The number of para-hydroxylation sites is 1. The van der Waals surface area contributed by atoms with Crippen LogP contribution in [0.25, 0.3) is 0 Å². The van der Waals surface area contributed by atoms with Crippen molar-refractivity contribution in [3.8, 4) is 5.75 Å². The first kappa shape index (κ1) is 21.6. The molecule has 160 valence electrons. The lowest BCUT2D eigenvalue weighted by molar-refractivity contribution is -0.131. The zero-order valence-corrected chi connectivity index (χ0v) is 17.5. The molecular formula is C22H32N2O5. The predicted octanol–water partition coefficient (Wildman–Crippen LogP) is 1.79. The standard InChI is InChI=1S/C22H32N2O5/c1-4-24(5-2)21(26)14-23-12-15-10-18(25)20(11-16(15)13-23)29-19-9-7-6-8-17(19)22(27)28-3/h6-9,15-16,18,20,25H,4-5,10-14H2,1-3H3/t15-,16+,18+,20+/m0/s1. The summed E-state index contributed by atoms with van der Waals surface area (Å²) in [6.07, 6.45) is 0.379. The summed E-state index contributed by atoms with van der Waals surface area (Å²) in [4.78, 5) is 28.5. The van der Waals surface area contributed by atoms with Crippen LogP contribution >= 0.6 is 0 Å². The third-order valence-electron chi connectivity index (χ3n) is 6.21. The number of benzene rings is 1. The number of carbonyl (C=O) groups excluding carboxylic acids is 2. The number of ether oxygens (including phenoxy) is 2. The van der Waals surface area contributed by atoms with E-state index >= 15 is 0 Å². The van der Waals surface area contributed by atoms with E-state index in [2.05, 4.69) is 4.90 Å². The van der Waals surface area contributed by atoms with Crippen LogP contribution in [0.1, 0.15) is 37.0 Å². The molecule has 1 heterocycles. The van der Waals surface area contributed by atoms with Crippen LogP contribution in [0.15, 0.2) is 24.3 Å². The van der Waals surface area contributed by atoms with E-state index < -0.39 is 12.1 Å². The molecule has 1 amide bonds. The zero-order valence-electron chi connectivity index (χ0n) is 17.5. The van der Waals surface area contributed by atoms with Crippen molar-refractivity contribution >= 4 is 11.9 Å². The van der Waals surface area contributed by atoms with E-state index in [-0.39, 0.29) is 12.0 Å². The summed E-state index contributed by atoms with van der Waals surface area (Å²) in [5.41, 5.74) is 0.363. The monoisotopic (exact) mass is 404 g/mol. The smallest absolute Gasteiger partial charge is 0.341 e. The molecule has 0 radical (unpaired) electrons. The highest BCUT2D eigenvalue weighted by molar-refractivity contribution is 5.92. The Morgan fingerprint density at radius 3 is 2.45 bits per heavy atom. The van der Waals surface area contributed by atoms with Gasteiger partial charge in [0.15, 0.2) is 0 Å². The maximum absolute atomic E-state index is 12.4. The van der Waals surface area contributed by atoms with Crippen LogP contribution in [-0.2, 0) is 9.53 Å². The Morgan fingerprint density at radius 2 is 1.79 bits per heavy atom. The molecule has 1 saturated carbocycles. The van der Waals surface area contributed by atoms with Gasteiger partial charge in [-0.2, -0.15) is 0 Å². The summed E-state index contributed by atoms with van der Waals surface area (Å²) in [5.74, 6) is 0.886. The van der Waals surface area contributed by atoms with Crippen LogP contribution in [0.5, 0.6) is 5.75 Å².